The van der Waals surface area contributed by atoms with Crippen molar-refractivity contribution in [2.24, 2.45) is 5.41 Å². The molecule has 0 aromatic rings. The van der Waals surface area contributed by atoms with E-state index in [0.29, 0.717) is 17.1 Å². The van der Waals surface area contributed by atoms with Crippen molar-refractivity contribution in [3.63, 3.8) is 0 Å². The summed E-state index contributed by atoms with van der Waals surface area (Å²) in [6, 6.07) is 0.497. The van der Waals surface area contributed by atoms with Gasteiger partial charge in [-0.25, -0.2) is 0 Å². The zero-order valence-electron chi connectivity index (χ0n) is 15.5. The van der Waals surface area contributed by atoms with Gasteiger partial charge in [0.25, 0.3) is 0 Å². The van der Waals surface area contributed by atoms with Gasteiger partial charge in [-0.3, -0.25) is 9.59 Å². The van der Waals surface area contributed by atoms with Gasteiger partial charge in [0.05, 0.1) is 17.5 Å². The molecule has 0 aromatic heterocycles. The highest BCUT2D eigenvalue weighted by atomic mass is 16.7. The van der Waals surface area contributed by atoms with Crippen LogP contribution >= 0.6 is 0 Å². The topological polar surface area (TPSA) is 82.9 Å². The molecular formula is C19H23N3O4. The summed E-state index contributed by atoms with van der Waals surface area (Å²) in [6.45, 7) is 9.51. The quantitative estimate of drug-likeness (QED) is 0.751. The van der Waals surface area contributed by atoms with E-state index in [1.165, 1.54) is 4.90 Å². The molecule has 0 N–H and O–H groups in total. The summed E-state index contributed by atoms with van der Waals surface area (Å²) in [4.78, 5) is 28.6. The number of nitriles is 1. The molecule has 0 saturated carbocycles. The van der Waals surface area contributed by atoms with Crippen molar-refractivity contribution in [2.45, 2.75) is 45.3 Å². The Balaban J connectivity index is 2.02. The molecule has 0 aliphatic carbocycles. The van der Waals surface area contributed by atoms with E-state index in [1.54, 1.807) is 37.9 Å². The largest absolute Gasteiger partial charge is 0.454 e. The van der Waals surface area contributed by atoms with Gasteiger partial charge in [-0.15, -0.1) is 0 Å². The van der Waals surface area contributed by atoms with Crippen molar-refractivity contribution < 1.29 is 19.1 Å². The number of ether oxygens (including phenoxy) is 2. The fourth-order valence-electron chi connectivity index (χ4n) is 3.97. The van der Waals surface area contributed by atoms with Crippen molar-refractivity contribution in [1.82, 2.24) is 9.80 Å². The molecule has 0 spiro atoms. The van der Waals surface area contributed by atoms with E-state index in [9.17, 15) is 14.9 Å². The highest BCUT2D eigenvalue weighted by Gasteiger charge is 2.58. The Morgan fingerprint density at radius 3 is 2.62 bits per heavy atom. The zero-order valence-corrected chi connectivity index (χ0v) is 15.5. The van der Waals surface area contributed by atoms with E-state index >= 15 is 0 Å². The molecule has 0 radical (unpaired) electrons. The lowest BCUT2D eigenvalue weighted by Crippen LogP contribution is -2.62. The maximum Gasteiger partial charge on any atom is 0.246 e. The molecule has 3 aliphatic rings. The van der Waals surface area contributed by atoms with Crippen LogP contribution in [0.15, 0.2) is 35.8 Å². The van der Waals surface area contributed by atoms with E-state index in [0.717, 1.165) is 0 Å². The van der Waals surface area contributed by atoms with Crippen LogP contribution in [0.2, 0.25) is 0 Å². The minimum atomic E-state index is -0.912. The van der Waals surface area contributed by atoms with E-state index in [2.05, 4.69) is 12.6 Å². The fraction of sp³-hybridized carbons (Fsp3) is 0.526. The zero-order chi connectivity index (χ0) is 19.2. The first-order valence-electron chi connectivity index (χ1n) is 8.58. The summed E-state index contributed by atoms with van der Waals surface area (Å²) >= 11 is 0. The van der Waals surface area contributed by atoms with Crippen LogP contribution in [0.5, 0.6) is 0 Å². The lowest BCUT2D eigenvalue weighted by Gasteiger charge is -2.42. The SMILES string of the molecule is C=C(/C=C1/OCO/C1=C/C)[C@@H]1N2C(=O)[C@H](C)N(C)C(=O)[C@@H]2C[C@]1(C)C#N. The van der Waals surface area contributed by atoms with Crippen molar-refractivity contribution >= 4 is 11.8 Å². The van der Waals surface area contributed by atoms with Gasteiger partial charge in [-0.2, -0.15) is 5.26 Å². The van der Waals surface area contributed by atoms with Crippen LogP contribution in [0, 0.1) is 16.7 Å². The number of piperazine rings is 1. The average molecular weight is 357 g/mol. The Labute approximate surface area is 153 Å². The van der Waals surface area contributed by atoms with Crippen LogP contribution in [0.4, 0.5) is 0 Å². The first-order valence-corrected chi connectivity index (χ1v) is 8.58. The number of hydrogen-bond acceptors (Lipinski definition) is 5. The van der Waals surface area contributed by atoms with Crippen LogP contribution < -0.4 is 0 Å². The molecule has 7 heteroatoms. The summed E-state index contributed by atoms with van der Waals surface area (Å²) < 4.78 is 10.8. The number of carbonyl (C=O) groups excluding carboxylic acids is 2. The highest BCUT2D eigenvalue weighted by molar-refractivity contribution is 5.98. The van der Waals surface area contributed by atoms with Crippen LogP contribution in [0.3, 0.4) is 0 Å². The van der Waals surface area contributed by atoms with Crippen LogP contribution in [-0.4, -0.2) is 53.6 Å². The van der Waals surface area contributed by atoms with Crippen molar-refractivity contribution in [3.8, 4) is 6.07 Å². The summed E-state index contributed by atoms with van der Waals surface area (Å²) in [5.41, 5.74) is -0.362. The van der Waals surface area contributed by atoms with Crippen molar-refractivity contribution in [2.75, 3.05) is 13.8 Å². The van der Waals surface area contributed by atoms with Gasteiger partial charge < -0.3 is 19.3 Å². The standard InChI is InChI=1S/C19H23N3O4/c1-6-14-15(26-10-25-14)7-11(2)16-19(4,9-20)8-13-18(24)21(5)12(3)17(23)22(13)16/h6-7,12-13,16H,2,8,10H2,1,3-5H3/b14-6+,15-7+/t12-,13-,16-,19+/m0/s1. The first kappa shape index (κ1) is 18.1. The molecule has 2 amide bonds. The number of fused-ring (bicyclic) bond motifs is 1. The molecule has 4 atom stereocenters. The van der Waals surface area contributed by atoms with E-state index in [1.807, 2.05) is 6.92 Å². The summed E-state index contributed by atoms with van der Waals surface area (Å²) in [6.07, 6.45) is 3.76. The Morgan fingerprint density at radius 2 is 2.00 bits per heavy atom. The predicted molar refractivity (Wildman–Crippen MR) is 93.0 cm³/mol. The van der Waals surface area contributed by atoms with Crippen LogP contribution in [-0.2, 0) is 19.1 Å². The van der Waals surface area contributed by atoms with Crippen LogP contribution in [0.25, 0.3) is 0 Å². The fourth-order valence-corrected chi connectivity index (χ4v) is 3.97. The molecule has 7 nitrogen and oxygen atoms in total. The molecule has 0 bridgehead atoms. The van der Waals surface area contributed by atoms with E-state index in [-0.39, 0.29) is 25.0 Å². The number of hydrogen-bond donors (Lipinski definition) is 0. The number of carbonyl (C=O) groups is 2. The Morgan fingerprint density at radius 1 is 1.35 bits per heavy atom. The summed E-state index contributed by atoms with van der Waals surface area (Å²) in [7, 11) is 1.62. The number of nitrogens with zero attached hydrogens (tertiary/aromatic N) is 3. The number of rotatable bonds is 2. The minimum absolute atomic E-state index is 0.116. The molecule has 0 aromatic carbocycles. The van der Waals surface area contributed by atoms with E-state index in [4.69, 9.17) is 9.47 Å². The predicted octanol–water partition coefficient (Wildman–Crippen LogP) is 1.69. The Hall–Kier alpha value is -2.75. The second-order valence-electron chi connectivity index (χ2n) is 7.17. The van der Waals surface area contributed by atoms with Crippen LogP contribution in [0.1, 0.15) is 27.2 Å². The first-order chi connectivity index (χ1) is 12.2. The Kier molecular flexibility index (Phi) is 4.31. The molecule has 3 heterocycles. The monoisotopic (exact) mass is 357 g/mol. The highest BCUT2D eigenvalue weighted by Crippen LogP contribution is 2.46. The molecule has 138 valence electrons. The van der Waals surface area contributed by atoms with Gasteiger partial charge in [0, 0.05) is 7.05 Å². The number of likely N-dealkylation sites (N-methyl/N-ethyl adjacent to an activating group) is 1. The lowest BCUT2D eigenvalue weighted by molar-refractivity contribution is -0.158. The molecule has 3 rings (SSSR count). The lowest BCUT2D eigenvalue weighted by atomic mass is 9.79. The molecule has 3 saturated heterocycles. The second kappa shape index (κ2) is 6.20. The average Bonchev–Trinajstić information content (AvgIpc) is 3.20. The van der Waals surface area contributed by atoms with Gasteiger partial charge in [0.2, 0.25) is 18.6 Å². The van der Waals surface area contributed by atoms with Gasteiger partial charge >= 0.3 is 0 Å². The van der Waals surface area contributed by atoms with E-state index < -0.39 is 23.5 Å². The van der Waals surface area contributed by atoms with Gasteiger partial charge in [0.1, 0.15) is 12.1 Å². The third-order valence-electron chi connectivity index (χ3n) is 5.52. The van der Waals surface area contributed by atoms with Crippen molar-refractivity contribution in [3.05, 3.63) is 35.8 Å². The third kappa shape index (κ3) is 2.48. The van der Waals surface area contributed by atoms with Gasteiger partial charge in [-0.1, -0.05) is 6.58 Å². The minimum Gasteiger partial charge on any atom is -0.454 e. The maximum atomic E-state index is 12.9. The summed E-state index contributed by atoms with van der Waals surface area (Å²) in [5.74, 6) is 0.794. The second-order valence-corrected chi connectivity index (χ2v) is 7.17. The van der Waals surface area contributed by atoms with Gasteiger partial charge in [-0.05, 0) is 44.9 Å². The molecule has 0 unspecified atom stereocenters. The maximum absolute atomic E-state index is 12.9. The molecule has 3 fully saturated rings. The third-order valence-corrected chi connectivity index (χ3v) is 5.52. The molecule has 26 heavy (non-hydrogen) atoms. The molecule has 3 aliphatic heterocycles. The summed E-state index contributed by atoms with van der Waals surface area (Å²) in [5, 5.41) is 9.81. The Bertz CT molecular complexity index is 778. The molecular weight excluding hydrogens is 334 g/mol. The smallest absolute Gasteiger partial charge is 0.246 e. The number of amides is 2. The number of allylic oxidation sites excluding steroid dienone is 1. The van der Waals surface area contributed by atoms with Gasteiger partial charge in [0.15, 0.2) is 11.5 Å². The van der Waals surface area contributed by atoms with Crippen molar-refractivity contribution in [1.29, 1.82) is 5.26 Å². The normalized spacial score (nSPS) is 36.8.